The molecule has 0 aliphatic carbocycles. The summed E-state index contributed by atoms with van der Waals surface area (Å²) in [6.45, 7) is 5.94. The molecule has 0 aromatic heterocycles. The van der Waals surface area contributed by atoms with Crippen LogP contribution in [0.5, 0.6) is 5.75 Å². The highest BCUT2D eigenvalue weighted by Crippen LogP contribution is 2.27. The van der Waals surface area contributed by atoms with E-state index in [2.05, 4.69) is 4.74 Å². The lowest BCUT2D eigenvalue weighted by molar-refractivity contribution is -0.385. The number of amides is 1. The summed E-state index contributed by atoms with van der Waals surface area (Å²) < 4.78 is 14.8. The predicted molar refractivity (Wildman–Crippen MR) is 111 cm³/mol. The number of nitro groups is 1. The maximum absolute atomic E-state index is 12.4. The highest BCUT2D eigenvalue weighted by Gasteiger charge is 2.22. The summed E-state index contributed by atoms with van der Waals surface area (Å²) in [6, 6.07) is 12.6. The molecule has 2 N–H and O–H groups in total. The van der Waals surface area contributed by atoms with E-state index in [1.54, 1.807) is 57.2 Å². The van der Waals surface area contributed by atoms with Crippen molar-refractivity contribution in [2.24, 2.45) is 5.73 Å². The molecular weight excluding hydrogens is 392 g/mol. The van der Waals surface area contributed by atoms with E-state index in [1.165, 1.54) is 19.2 Å². The summed E-state index contributed by atoms with van der Waals surface area (Å²) in [5.74, 6) is -0.0656. The number of ether oxygens (including phenoxy) is 3. The van der Waals surface area contributed by atoms with E-state index in [0.717, 1.165) is 0 Å². The van der Waals surface area contributed by atoms with Gasteiger partial charge in [-0.2, -0.15) is 0 Å². The number of ketones is 1. The first-order valence-corrected chi connectivity index (χ1v) is 9.03. The second-order valence-electron chi connectivity index (χ2n) is 7.01. The number of rotatable bonds is 7. The fraction of sp³-hybridized carbons (Fsp3) is 0.333. The molecule has 0 bridgehead atoms. The van der Waals surface area contributed by atoms with Crippen LogP contribution in [0.25, 0.3) is 0 Å². The Hall–Kier alpha value is -3.46. The van der Waals surface area contributed by atoms with Crippen LogP contribution in [-0.4, -0.2) is 42.7 Å². The zero-order valence-electron chi connectivity index (χ0n) is 17.4. The van der Waals surface area contributed by atoms with Crippen LogP contribution < -0.4 is 10.5 Å². The van der Waals surface area contributed by atoms with Crippen molar-refractivity contribution in [3.63, 3.8) is 0 Å². The first kappa shape index (κ1) is 24.6. The van der Waals surface area contributed by atoms with Crippen LogP contribution in [0.1, 0.15) is 36.7 Å². The third-order valence-corrected chi connectivity index (χ3v) is 3.41. The van der Waals surface area contributed by atoms with Gasteiger partial charge in [-0.25, -0.2) is 4.79 Å². The maximum Gasteiger partial charge on any atom is 0.405 e. The highest BCUT2D eigenvalue weighted by atomic mass is 16.6. The minimum absolute atomic E-state index is 0.0373. The molecule has 0 fully saturated rings. The van der Waals surface area contributed by atoms with Gasteiger partial charge in [-0.1, -0.05) is 30.3 Å². The fourth-order valence-corrected chi connectivity index (χ4v) is 2.23. The minimum atomic E-state index is -0.725. The number of nitrogens with zero attached hydrogens (tertiary/aromatic N) is 1. The summed E-state index contributed by atoms with van der Waals surface area (Å²) in [4.78, 5) is 33.0. The number of methoxy groups -OCH3 is 1. The van der Waals surface area contributed by atoms with Crippen molar-refractivity contribution in [1.82, 2.24) is 0 Å². The number of hydrogen-bond acceptors (Lipinski definition) is 7. The van der Waals surface area contributed by atoms with E-state index in [-0.39, 0.29) is 17.9 Å². The molecular formula is C21H26N2O7. The van der Waals surface area contributed by atoms with Crippen molar-refractivity contribution >= 4 is 17.6 Å². The minimum Gasteiger partial charge on any atom is -0.491 e. The molecule has 0 aliphatic heterocycles. The van der Waals surface area contributed by atoms with Crippen molar-refractivity contribution in [3.8, 4) is 5.75 Å². The third kappa shape index (κ3) is 8.70. The Labute approximate surface area is 174 Å². The molecule has 0 atom stereocenters. The van der Waals surface area contributed by atoms with Gasteiger partial charge in [0.25, 0.3) is 5.69 Å². The summed E-state index contributed by atoms with van der Waals surface area (Å²) in [6.07, 6.45) is -0.725. The third-order valence-electron chi connectivity index (χ3n) is 3.41. The average Bonchev–Trinajstić information content (AvgIpc) is 2.67. The number of carbonyl (C=O) groups is 2. The standard InChI is InChI=1S/C16H15NO5.C5H11NO2/c1-21-9-10-22-13-7-8-14(15(11-13)17(19)20)16(18)12-5-3-2-4-6-12;1-5(2,3)8-4(6)7/h2-8,11H,9-10H2,1H3;1-3H3,(H2,6,7). The highest BCUT2D eigenvalue weighted by molar-refractivity contribution is 6.11. The molecule has 0 saturated heterocycles. The normalized spacial score (nSPS) is 10.4. The van der Waals surface area contributed by atoms with Crippen LogP contribution in [0.4, 0.5) is 10.5 Å². The topological polar surface area (TPSA) is 131 Å². The Morgan fingerprint density at radius 2 is 1.70 bits per heavy atom. The smallest absolute Gasteiger partial charge is 0.405 e. The Kier molecular flexibility index (Phi) is 9.44. The van der Waals surface area contributed by atoms with Gasteiger partial charge in [-0.05, 0) is 32.9 Å². The molecule has 0 radical (unpaired) electrons. The van der Waals surface area contributed by atoms with Crippen molar-refractivity contribution < 1.29 is 28.7 Å². The Bertz CT molecular complexity index is 861. The van der Waals surface area contributed by atoms with Gasteiger partial charge in [0.15, 0.2) is 5.78 Å². The molecule has 1 amide bonds. The molecule has 9 nitrogen and oxygen atoms in total. The Morgan fingerprint density at radius 3 is 2.17 bits per heavy atom. The lowest BCUT2D eigenvalue weighted by Crippen LogP contribution is -2.27. The van der Waals surface area contributed by atoms with Crippen molar-refractivity contribution in [2.45, 2.75) is 26.4 Å². The van der Waals surface area contributed by atoms with E-state index in [4.69, 9.17) is 15.2 Å². The summed E-state index contributed by atoms with van der Waals surface area (Å²) >= 11 is 0. The summed E-state index contributed by atoms with van der Waals surface area (Å²) in [7, 11) is 1.54. The molecule has 2 aromatic rings. The van der Waals surface area contributed by atoms with Crippen LogP contribution in [0.15, 0.2) is 48.5 Å². The molecule has 2 rings (SSSR count). The second-order valence-corrected chi connectivity index (χ2v) is 7.01. The van der Waals surface area contributed by atoms with Gasteiger partial charge in [0.1, 0.15) is 23.5 Å². The average molecular weight is 418 g/mol. The zero-order chi connectivity index (χ0) is 22.7. The van der Waals surface area contributed by atoms with Gasteiger partial charge in [0, 0.05) is 12.7 Å². The van der Waals surface area contributed by atoms with Gasteiger partial charge in [0.05, 0.1) is 17.6 Å². The Balaban J connectivity index is 0.000000479. The fourth-order valence-electron chi connectivity index (χ4n) is 2.23. The van der Waals surface area contributed by atoms with Crippen molar-refractivity contribution in [2.75, 3.05) is 20.3 Å². The monoisotopic (exact) mass is 418 g/mol. The van der Waals surface area contributed by atoms with Gasteiger partial charge < -0.3 is 19.9 Å². The lowest BCUT2D eigenvalue weighted by Gasteiger charge is -2.16. The molecule has 162 valence electrons. The molecule has 9 heteroatoms. The number of nitrogens with two attached hydrogens (primary N) is 1. The first-order chi connectivity index (χ1) is 14.0. The molecule has 0 aliphatic rings. The van der Waals surface area contributed by atoms with Crippen LogP contribution in [0.3, 0.4) is 0 Å². The Morgan fingerprint density at radius 1 is 1.07 bits per heavy atom. The van der Waals surface area contributed by atoms with Gasteiger partial charge in [0.2, 0.25) is 0 Å². The van der Waals surface area contributed by atoms with Crippen molar-refractivity contribution in [1.29, 1.82) is 0 Å². The number of primary amides is 1. The number of hydrogen-bond donors (Lipinski definition) is 1. The summed E-state index contributed by atoms with van der Waals surface area (Å²) in [5.41, 5.74) is 4.43. The zero-order valence-corrected chi connectivity index (χ0v) is 17.4. The van der Waals surface area contributed by atoms with Gasteiger partial charge >= 0.3 is 6.09 Å². The second kappa shape index (κ2) is 11.5. The van der Waals surface area contributed by atoms with Crippen LogP contribution in [-0.2, 0) is 9.47 Å². The largest absolute Gasteiger partial charge is 0.491 e. The van der Waals surface area contributed by atoms with Gasteiger partial charge in [-0.15, -0.1) is 0 Å². The number of nitro benzene ring substituents is 1. The van der Waals surface area contributed by atoms with Crippen LogP contribution in [0, 0.1) is 10.1 Å². The maximum atomic E-state index is 12.4. The lowest BCUT2D eigenvalue weighted by atomic mass is 10.0. The molecule has 2 aromatic carbocycles. The first-order valence-electron chi connectivity index (χ1n) is 9.03. The van der Waals surface area contributed by atoms with E-state index >= 15 is 0 Å². The van der Waals surface area contributed by atoms with Crippen LogP contribution >= 0.6 is 0 Å². The van der Waals surface area contributed by atoms with E-state index in [0.29, 0.717) is 17.9 Å². The van der Waals surface area contributed by atoms with Crippen LogP contribution in [0.2, 0.25) is 0 Å². The molecule has 30 heavy (non-hydrogen) atoms. The van der Waals surface area contributed by atoms with E-state index < -0.39 is 22.4 Å². The number of benzene rings is 2. The molecule has 0 unspecified atom stereocenters. The predicted octanol–water partition coefficient (Wildman–Crippen LogP) is 3.73. The van der Waals surface area contributed by atoms with E-state index in [9.17, 15) is 19.7 Å². The van der Waals surface area contributed by atoms with Crippen molar-refractivity contribution in [3.05, 3.63) is 69.8 Å². The SMILES string of the molecule is CC(C)(C)OC(N)=O.COCCOc1ccc(C(=O)c2ccccc2)c([N+](=O)[O-])c1. The molecule has 0 spiro atoms. The van der Waals surface area contributed by atoms with E-state index in [1.807, 2.05) is 0 Å². The summed E-state index contributed by atoms with van der Waals surface area (Å²) in [5, 5.41) is 11.2. The number of carbonyl (C=O) groups excluding carboxylic acids is 2. The van der Waals surface area contributed by atoms with Gasteiger partial charge in [-0.3, -0.25) is 14.9 Å². The molecule has 0 heterocycles. The quantitative estimate of drug-likeness (QED) is 0.314. The molecule has 0 saturated carbocycles.